The molecule has 5 heteroatoms. The fourth-order valence-electron chi connectivity index (χ4n) is 3.88. The third-order valence-corrected chi connectivity index (χ3v) is 5.09. The highest BCUT2D eigenvalue weighted by atomic mass is 16.5. The van der Waals surface area contributed by atoms with E-state index in [2.05, 4.69) is 21.8 Å². The lowest BCUT2D eigenvalue weighted by atomic mass is 10.1. The number of fused-ring (bicyclic) bond motifs is 1. The van der Waals surface area contributed by atoms with Crippen molar-refractivity contribution in [1.29, 1.82) is 5.26 Å². The van der Waals surface area contributed by atoms with Gasteiger partial charge in [0.05, 0.1) is 18.0 Å². The van der Waals surface area contributed by atoms with Crippen LogP contribution in [0.2, 0.25) is 0 Å². The fourth-order valence-corrected chi connectivity index (χ4v) is 3.88. The Morgan fingerprint density at radius 3 is 2.65 bits per heavy atom. The molecule has 4 rings (SSSR count). The van der Waals surface area contributed by atoms with Crippen molar-refractivity contribution in [2.24, 2.45) is 0 Å². The van der Waals surface area contributed by atoms with Gasteiger partial charge in [0.15, 0.2) is 6.61 Å². The van der Waals surface area contributed by atoms with Gasteiger partial charge in [-0.05, 0) is 36.6 Å². The SMILES string of the molecule is COc1nccc2c1c(-c1ccc(OCC#N)cc1)cn2C1CCCC1. The molecule has 5 nitrogen and oxygen atoms in total. The van der Waals surface area contributed by atoms with E-state index in [0.29, 0.717) is 17.7 Å². The zero-order valence-corrected chi connectivity index (χ0v) is 14.8. The second kappa shape index (κ2) is 7.09. The minimum atomic E-state index is 0.0536. The van der Waals surface area contributed by atoms with Crippen LogP contribution in [0.1, 0.15) is 31.7 Å². The number of nitrogens with zero attached hydrogens (tertiary/aromatic N) is 3. The second-order valence-electron chi connectivity index (χ2n) is 6.57. The summed E-state index contributed by atoms with van der Waals surface area (Å²) in [7, 11) is 1.66. The molecular formula is C21H21N3O2. The van der Waals surface area contributed by atoms with Gasteiger partial charge in [0.2, 0.25) is 5.88 Å². The number of hydrogen-bond acceptors (Lipinski definition) is 4. The van der Waals surface area contributed by atoms with Gasteiger partial charge in [-0.1, -0.05) is 25.0 Å². The van der Waals surface area contributed by atoms with Crippen molar-refractivity contribution in [2.45, 2.75) is 31.7 Å². The number of aromatic nitrogens is 2. The average Bonchev–Trinajstić information content (AvgIpc) is 3.34. The molecule has 1 aromatic carbocycles. The molecule has 132 valence electrons. The summed E-state index contributed by atoms with van der Waals surface area (Å²) < 4.78 is 13.3. The van der Waals surface area contributed by atoms with Gasteiger partial charge in [0, 0.05) is 24.0 Å². The third-order valence-electron chi connectivity index (χ3n) is 5.09. The maximum atomic E-state index is 8.64. The summed E-state index contributed by atoms with van der Waals surface area (Å²) in [6, 6.07) is 12.4. The molecule has 0 unspecified atom stereocenters. The van der Waals surface area contributed by atoms with E-state index in [1.165, 1.54) is 31.2 Å². The van der Waals surface area contributed by atoms with Gasteiger partial charge in [-0.25, -0.2) is 4.98 Å². The van der Waals surface area contributed by atoms with E-state index in [1.807, 2.05) is 36.5 Å². The van der Waals surface area contributed by atoms with E-state index in [4.69, 9.17) is 14.7 Å². The predicted octanol–water partition coefficient (Wildman–Crippen LogP) is 4.73. The van der Waals surface area contributed by atoms with Crippen molar-refractivity contribution < 1.29 is 9.47 Å². The Labute approximate surface area is 152 Å². The Bertz CT molecular complexity index is 948. The van der Waals surface area contributed by atoms with Crippen LogP contribution in [0.4, 0.5) is 0 Å². The van der Waals surface area contributed by atoms with E-state index in [9.17, 15) is 0 Å². The number of hydrogen-bond donors (Lipinski definition) is 0. The monoisotopic (exact) mass is 347 g/mol. The molecule has 0 radical (unpaired) electrons. The summed E-state index contributed by atoms with van der Waals surface area (Å²) in [6.07, 6.45) is 9.05. The molecule has 1 aliphatic rings. The van der Waals surface area contributed by atoms with Gasteiger partial charge < -0.3 is 14.0 Å². The van der Waals surface area contributed by atoms with Gasteiger partial charge in [-0.15, -0.1) is 0 Å². The van der Waals surface area contributed by atoms with Crippen LogP contribution in [-0.2, 0) is 0 Å². The zero-order valence-electron chi connectivity index (χ0n) is 14.8. The van der Waals surface area contributed by atoms with Crippen molar-refractivity contribution in [3.63, 3.8) is 0 Å². The van der Waals surface area contributed by atoms with Gasteiger partial charge in [-0.3, -0.25) is 0 Å². The number of ether oxygens (including phenoxy) is 2. The standard InChI is InChI=1S/C21H21N3O2/c1-25-21-20-18(15-6-8-17(9-7-15)26-13-11-22)14-24(16-4-2-3-5-16)19(20)10-12-23-21/h6-10,12,14,16H,2-5,13H2,1H3. The zero-order chi connectivity index (χ0) is 17.9. The largest absolute Gasteiger partial charge is 0.480 e. The summed E-state index contributed by atoms with van der Waals surface area (Å²) in [5.41, 5.74) is 3.37. The Kier molecular flexibility index (Phi) is 4.49. The van der Waals surface area contributed by atoms with Crippen LogP contribution in [0.15, 0.2) is 42.7 Å². The lowest BCUT2D eigenvalue weighted by Crippen LogP contribution is -2.02. The molecule has 0 bridgehead atoms. The smallest absolute Gasteiger partial charge is 0.223 e. The first kappa shape index (κ1) is 16.5. The third kappa shape index (κ3) is 2.88. The van der Waals surface area contributed by atoms with E-state index >= 15 is 0 Å². The molecule has 0 N–H and O–H groups in total. The van der Waals surface area contributed by atoms with Gasteiger partial charge in [0.1, 0.15) is 11.8 Å². The number of nitriles is 1. The molecule has 0 amide bonds. The van der Waals surface area contributed by atoms with Gasteiger partial charge >= 0.3 is 0 Å². The Morgan fingerprint density at radius 1 is 1.19 bits per heavy atom. The van der Waals surface area contributed by atoms with E-state index in [0.717, 1.165) is 16.5 Å². The molecule has 0 aliphatic heterocycles. The van der Waals surface area contributed by atoms with Crippen LogP contribution >= 0.6 is 0 Å². The Hall–Kier alpha value is -3.00. The van der Waals surface area contributed by atoms with Crippen molar-refractivity contribution in [3.05, 3.63) is 42.7 Å². The summed E-state index contributed by atoms with van der Waals surface area (Å²) in [4.78, 5) is 4.41. The van der Waals surface area contributed by atoms with Crippen LogP contribution in [0.3, 0.4) is 0 Å². The number of rotatable bonds is 5. The van der Waals surface area contributed by atoms with Crippen molar-refractivity contribution in [3.8, 4) is 28.8 Å². The van der Waals surface area contributed by atoms with Crippen molar-refractivity contribution >= 4 is 10.9 Å². The van der Waals surface area contributed by atoms with E-state index in [-0.39, 0.29) is 6.61 Å². The van der Waals surface area contributed by atoms with E-state index < -0.39 is 0 Å². The van der Waals surface area contributed by atoms with Crippen LogP contribution < -0.4 is 9.47 Å². The average molecular weight is 347 g/mol. The summed E-state index contributed by atoms with van der Waals surface area (Å²) in [5.74, 6) is 1.35. The highest BCUT2D eigenvalue weighted by Gasteiger charge is 2.22. The molecule has 2 aromatic heterocycles. The molecule has 1 fully saturated rings. The first-order valence-electron chi connectivity index (χ1n) is 8.95. The minimum absolute atomic E-state index is 0.0536. The van der Waals surface area contributed by atoms with Crippen LogP contribution in [0.25, 0.3) is 22.0 Å². The van der Waals surface area contributed by atoms with Crippen molar-refractivity contribution in [2.75, 3.05) is 13.7 Å². The molecule has 1 aliphatic carbocycles. The Morgan fingerprint density at radius 2 is 1.96 bits per heavy atom. The number of benzene rings is 1. The first-order valence-corrected chi connectivity index (χ1v) is 8.95. The number of pyridine rings is 1. The molecule has 1 saturated carbocycles. The minimum Gasteiger partial charge on any atom is -0.480 e. The lowest BCUT2D eigenvalue weighted by Gasteiger charge is -2.13. The highest BCUT2D eigenvalue weighted by molar-refractivity contribution is 5.99. The van der Waals surface area contributed by atoms with Gasteiger partial charge in [-0.2, -0.15) is 5.26 Å². The molecule has 3 aromatic rings. The molecule has 26 heavy (non-hydrogen) atoms. The summed E-state index contributed by atoms with van der Waals surface area (Å²) in [5, 5.41) is 9.69. The van der Waals surface area contributed by atoms with Crippen LogP contribution in [0, 0.1) is 11.3 Å². The molecule has 2 heterocycles. The Balaban J connectivity index is 1.82. The molecule has 0 atom stereocenters. The molecule has 0 spiro atoms. The first-order chi connectivity index (χ1) is 12.8. The fraction of sp³-hybridized carbons (Fsp3) is 0.333. The summed E-state index contributed by atoms with van der Waals surface area (Å²) >= 11 is 0. The maximum Gasteiger partial charge on any atom is 0.223 e. The lowest BCUT2D eigenvalue weighted by molar-refractivity contribution is 0.368. The normalized spacial score (nSPS) is 14.5. The summed E-state index contributed by atoms with van der Waals surface area (Å²) in [6.45, 7) is 0.0536. The highest BCUT2D eigenvalue weighted by Crippen LogP contribution is 2.40. The van der Waals surface area contributed by atoms with E-state index in [1.54, 1.807) is 7.11 Å². The quantitative estimate of drug-likeness (QED) is 0.669. The maximum absolute atomic E-state index is 8.64. The predicted molar refractivity (Wildman–Crippen MR) is 100 cm³/mol. The van der Waals surface area contributed by atoms with Gasteiger partial charge in [0.25, 0.3) is 0 Å². The number of methoxy groups -OCH3 is 1. The molecular weight excluding hydrogens is 326 g/mol. The van der Waals surface area contributed by atoms with Crippen LogP contribution in [-0.4, -0.2) is 23.3 Å². The topological polar surface area (TPSA) is 60.1 Å². The molecule has 0 saturated heterocycles. The second-order valence-corrected chi connectivity index (χ2v) is 6.57. The van der Waals surface area contributed by atoms with Crippen molar-refractivity contribution in [1.82, 2.24) is 9.55 Å². The van der Waals surface area contributed by atoms with Crippen LogP contribution in [0.5, 0.6) is 11.6 Å².